The molecule has 5 heteroatoms. The number of fused-ring (bicyclic) bond motifs is 1. The number of nitrogen functional groups attached to an aromatic ring is 2. The van der Waals surface area contributed by atoms with Gasteiger partial charge < -0.3 is 11.5 Å². The molecule has 16 heavy (non-hydrogen) atoms. The Balaban J connectivity index is 2.45. The molecular formula is C11H15N5. The van der Waals surface area contributed by atoms with Crippen LogP contribution in [0.3, 0.4) is 0 Å². The van der Waals surface area contributed by atoms with E-state index in [1.165, 1.54) is 0 Å². The van der Waals surface area contributed by atoms with Gasteiger partial charge in [0.15, 0.2) is 5.82 Å². The van der Waals surface area contributed by atoms with Crippen molar-refractivity contribution in [2.75, 3.05) is 11.5 Å². The average Bonchev–Trinajstić information content (AvgIpc) is 2.26. The normalized spacial score (nSPS) is 10.8. The summed E-state index contributed by atoms with van der Waals surface area (Å²) < 4.78 is 0. The number of nitrogens with two attached hydrogens (primary N) is 2. The minimum atomic E-state index is 0.188. The van der Waals surface area contributed by atoms with E-state index in [9.17, 15) is 0 Å². The fourth-order valence-electron chi connectivity index (χ4n) is 1.59. The molecule has 0 unspecified atom stereocenters. The Morgan fingerprint density at radius 1 is 1.12 bits per heavy atom. The van der Waals surface area contributed by atoms with Gasteiger partial charge in [-0.1, -0.05) is 13.3 Å². The summed E-state index contributed by atoms with van der Waals surface area (Å²) in [5, 5.41) is 0. The summed E-state index contributed by atoms with van der Waals surface area (Å²) in [6, 6.07) is 3.85. The van der Waals surface area contributed by atoms with Crippen molar-refractivity contribution in [3.63, 3.8) is 0 Å². The molecule has 2 heterocycles. The molecule has 0 aliphatic rings. The molecule has 0 amide bonds. The molecule has 0 radical (unpaired) electrons. The molecule has 2 aromatic heterocycles. The number of unbranched alkanes of at least 4 members (excludes halogenated alkanes) is 1. The van der Waals surface area contributed by atoms with Crippen molar-refractivity contribution in [3.8, 4) is 0 Å². The van der Waals surface area contributed by atoms with Gasteiger partial charge in [0.1, 0.15) is 5.52 Å². The largest absolute Gasteiger partial charge is 0.382 e. The van der Waals surface area contributed by atoms with Crippen molar-refractivity contribution < 1.29 is 0 Å². The van der Waals surface area contributed by atoms with Crippen LogP contribution < -0.4 is 11.5 Å². The zero-order valence-electron chi connectivity index (χ0n) is 9.27. The minimum absolute atomic E-state index is 0.188. The Kier molecular flexibility index (Phi) is 2.85. The van der Waals surface area contributed by atoms with Crippen LogP contribution in [0.5, 0.6) is 0 Å². The van der Waals surface area contributed by atoms with E-state index < -0.39 is 0 Å². The smallest absolute Gasteiger partial charge is 0.222 e. The standard InChI is InChI=1S/C11H15N5/c1-2-3-4-7-5-6-8-9(14-7)10(12)16-11(13)15-8/h5-6H,2-4H2,1H3,(H4,12,13,15,16). The van der Waals surface area contributed by atoms with E-state index in [4.69, 9.17) is 11.5 Å². The van der Waals surface area contributed by atoms with E-state index in [0.29, 0.717) is 16.9 Å². The first-order chi connectivity index (χ1) is 7.70. The van der Waals surface area contributed by atoms with Crippen LogP contribution in [0.25, 0.3) is 11.0 Å². The maximum absolute atomic E-state index is 5.76. The second-order valence-corrected chi connectivity index (χ2v) is 3.74. The molecule has 84 valence electrons. The highest BCUT2D eigenvalue weighted by Gasteiger charge is 2.05. The third-order valence-corrected chi connectivity index (χ3v) is 2.43. The molecule has 5 nitrogen and oxygen atoms in total. The van der Waals surface area contributed by atoms with Gasteiger partial charge in [0.05, 0.1) is 5.52 Å². The number of aromatic nitrogens is 3. The van der Waals surface area contributed by atoms with Crippen LogP contribution in [0.2, 0.25) is 0 Å². The van der Waals surface area contributed by atoms with Gasteiger partial charge >= 0.3 is 0 Å². The van der Waals surface area contributed by atoms with Gasteiger partial charge in [-0.15, -0.1) is 0 Å². The summed E-state index contributed by atoms with van der Waals surface area (Å²) in [7, 11) is 0. The Bertz CT molecular complexity index is 509. The molecule has 0 saturated carbocycles. The maximum Gasteiger partial charge on any atom is 0.222 e. The zero-order chi connectivity index (χ0) is 11.5. The number of anilines is 2. The highest BCUT2D eigenvalue weighted by atomic mass is 15.0. The van der Waals surface area contributed by atoms with Crippen LogP contribution in [0.1, 0.15) is 25.5 Å². The van der Waals surface area contributed by atoms with E-state index in [1.807, 2.05) is 12.1 Å². The van der Waals surface area contributed by atoms with Gasteiger partial charge in [0, 0.05) is 5.69 Å². The molecule has 2 aromatic rings. The zero-order valence-corrected chi connectivity index (χ0v) is 9.27. The van der Waals surface area contributed by atoms with E-state index in [-0.39, 0.29) is 5.95 Å². The second kappa shape index (κ2) is 4.30. The lowest BCUT2D eigenvalue weighted by Gasteiger charge is -2.04. The van der Waals surface area contributed by atoms with Crippen molar-refractivity contribution in [1.82, 2.24) is 15.0 Å². The predicted octanol–water partition coefficient (Wildman–Crippen LogP) is 1.53. The Hall–Kier alpha value is -1.91. The van der Waals surface area contributed by atoms with Gasteiger partial charge in [-0.25, -0.2) is 9.97 Å². The number of aryl methyl sites for hydroxylation is 1. The number of hydrogen-bond acceptors (Lipinski definition) is 5. The fraction of sp³-hybridized carbons (Fsp3) is 0.364. The molecule has 0 aromatic carbocycles. The number of hydrogen-bond donors (Lipinski definition) is 2. The van der Waals surface area contributed by atoms with Gasteiger partial charge in [-0.05, 0) is 25.0 Å². The van der Waals surface area contributed by atoms with E-state index in [1.54, 1.807) is 0 Å². The van der Waals surface area contributed by atoms with Gasteiger partial charge in [-0.2, -0.15) is 4.98 Å². The lowest BCUT2D eigenvalue weighted by atomic mass is 10.2. The van der Waals surface area contributed by atoms with Crippen LogP contribution in [0.4, 0.5) is 11.8 Å². The molecule has 0 saturated heterocycles. The molecule has 4 N–H and O–H groups in total. The number of rotatable bonds is 3. The summed E-state index contributed by atoms with van der Waals surface area (Å²) in [5.41, 5.74) is 13.6. The molecule has 0 fully saturated rings. The summed E-state index contributed by atoms with van der Waals surface area (Å²) >= 11 is 0. The molecule has 0 aliphatic carbocycles. The third-order valence-electron chi connectivity index (χ3n) is 2.43. The third kappa shape index (κ3) is 2.03. The first-order valence-corrected chi connectivity index (χ1v) is 5.39. The second-order valence-electron chi connectivity index (χ2n) is 3.74. The highest BCUT2D eigenvalue weighted by Crippen LogP contribution is 2.17. The van der Waals surface area contributed by atoms with Crippen molar-refractivity contribution >= 4 is 22.8 Å². The molecule has 2 rings (SSSR count). The quantitative estimate of drug-likeness (QED) is 0.813. The summed E-state index contributed by atoms with van der Waals surface area (Å²) in [5.74, 6) is 0.536. The van der Waals surface area contributed by atoms with Crippen molar-refractivity contribution in [2.24, 2.45) is 0 Å². The topological polar surface area (TPSA) is 90.7 Å². The Morgan fingerprint density at radius 3 is 2.69 bits per heavy atom. The van der Waals surface area contributed by atoms with Gasteiger partial charge in [0.2, 0.25) is 5.95 Å². The monoisotopic (exact) mass is 217 g/mol. The van der Waals surface area contributed by atoms with Crippen LogP contribution in [0.15, 0.2) is 12.1 Å². The average molecular weight is 217 g/mol. The first-order valence-electron chi connectivity index (χ1n) is 5.39. The van der Waals surface area contributed by atoms with Crippen molar-refractivity contribution in [3.05, 3.63) is 17.8 Å². The summed E-state index contributed by atoms with van der Waals surface area (Å²) in [6.07, 6.45) is 3.22. The fourth-order valence-corrected chi connectivity index (χ4v) is 1.59. The number of pyridine rings is 1. The summed E-state index contributed by atoms with van der Waals surface area (Å²) in [4.78, 5) is 12.4. The van der Waals surface area contributed by atoms with E-state index in [0.717, 1.165) is 25.0 Å². The van der Waals surface area contributed by atoms with Crippen molar-refractivity contribution in [1.29, 1.82) is 0 Å². The number of nitrogens with zero attached hydrogens (tertiary/aromatic N) is 3. The van der Waals surface area contributed by atoms with Crippen molar-refractivity contribution in [2.45, 2.75) is 26.2 Å². The molecule has 0 atom stereocenters. The SMILES string of the molecule is CCCCc1ccc2nc(N)nc(N)c2n1. The van der Waals surface area contributed by atoms with E-state index >= 15 is 0 Å². The first kappa shape index (κ1) is 10.6. The maximum atomic E-state index is 5.76. The van der Waals surface area contributed by atoms with Crippen LogP contribution >= 0.6 is 0 Å². The summed E-state index contributed by atoms with van der Waals surface area (Å²) in [6.45, 7) is 2.15. The Labute approximate surface area is 93.9 Å². The van der Waals surface area contributed by atoms with E-state index in [2.05, 4.69) is 21.9 Å². The Morgan fingerprint density at radius 2 is 1.94 bits per heavy atom. The van der Waals surface area contributed by atoms with Crippen LogP contribution in [-0.4, -0.2) is 15.0 Å². The molecule has 0 aliphatic heterocycles. The van der Waals surface area contributed by atoms with Crippen LogP contribution in [0, 0.1) is 0 Å². The minimum Gasteiger partial charge on any atom is -0.382 e. The molecule has 0 spiro atoms. The highest BCUT2D eigenvalue weighted by molar-refractivity contribution is 5.84. The lowest BCUT2D eigenvalue weighted by Crippen LogP contribution is -2.02. The molecular weight excluding hydrogens is 202 g/mol. The van der Waals surface area contributed by atoms with Gasteiger partial charge in [0.25, 0.3) is 0 Å². The van der Waals surface area contributed by atoms with Gasteiger partial charge in [-0.3, -0.25) is 0 Å². The lowest BCUT2D eigenvalue weighted by molar-refractivity contribution is 0.779. The predicted molar refractivity (Wildman–Crippen MR) is 64.8 cm³/mol. The molecule has 0 bridgehead atoms. The van der Waals surface area contributed by atoms with Crippen LogP contribution in [-0.2, 0) is 6.42 Å².